The van der Waals surface area contributed by atoms with Crippen molar-refractivity contribution in [2.24, 2.45) is 0 Å². The minimum absolute atomic E-state index is 0.520. The van der Waals surface area contributed by atoms with E-state index in [1.807, 2.05) is 6.92 Å². The molecule has 0 aromatic carbocycles. The van der Waals surface area contributed by atoms with Crippen LogP contribution in [0.1, 0.15) is 60.3 Å². The topological polar surface area (TPSA) is 52.6 Å². The molecule has 2 N–H and O–H groups in total. The van der Waals surface area contributed by atoms with E-state index >= 15 is 0 Å². The lowest BCUT2D eigenvalue weighted by Gasteiger charge is -2.33. The van der Waals surface area contributed by atoms with Crippen LogP contribution in [0.25, 0.3) is 0 Å². The Hall–Kier alpha value is -0.610. The Bertz CT molecular complexity index is 259. The first kappa shape index (κ1) is 18.4. The fourth-order valence-electron chi connectivity index (χ4n) is 2.20. The number of unbranched alkanes of at least 4 members (excludes halogenated alkanes) is 1. The van der Waals surface area contributed by atoms with Crippen LogP contribution >= 0.6 is 0 Å². The number of rotatable bonds is 11. The van der Waals surface area contributed by atoms with Crippen molar-refractivity contribution >= 4 is 5.97 Å². The van der Waals surface area contributed by atoms with Gasteiger partial charge in [-0.1, -0.05) is 27.2 Å². The van der Waals surface area contributed by atoms with Crippen LogP contribution in [0.4, 0.5) is 0 Å². The zero-order chi connectivity index (χ0) is 14.9. The van der Waals surface area contributed by atoms with Crippen LogP contribution in [0, 0.1) is 0 Å². The third-order valence-electron chi connectivity index (χ3n) is 3.95. The first-order valence-corrected chi connectivity index (χ1v) is 7.63. The average Bonchev–Trinajstić information content (AvgIpc) is 2.38. The van der Waals surface area contributed by atoms with Gasteiger partial charge in [0.2, 0.25) is 0 Å². The van der Waals surface area contributed by atoms with Gasteiger partial charge in [0.15, 0.2) is 0 Å². The molecule has 0 bridgehead atoms. The minimum atomic E-state index is -0.813. The number of nitrogens with zero attached hydrogens (tertiary/aromatic N) is 1. The van der Waals surface area contributed by atoms with Crippen molar-refractivity contribution in [1.29, 1.82) is 0 Å². The number of likely N-dealkylation sites (N-methyl/N-ethyl adjacent to an activating group) is 1. The van der Waals surface area contributed by atoms with Gasteiger partial charge in [-0.2, -0.15) is 0 Å². The predicted octanol–water partition coefficient (Wildman–Crippen LogP) is 2.73. The number of carboxylic acids is 1. The maximum absolute atomic E-state index is 11.4. The third kappa shape index (κ3) is 6.39. The largest absolute Gasteiger partial charge is 0.480 e. The minimum Gasteiger partial charge on any atom is -0.480 e. The molecule has 0 aliphatic heterocycles. The van der Waals surface area contributed by atoms with Crippen LogP contribution in [0.3, 0.4) is 0 Å². The van der Waals surface area contributed by atoms with E-state index in [0.717, 1.165) is 19.5 Å². The molecule has 4 heteroatoms. The molecule has 0 aromatic heterocycles. The fourth-order valence-corrected chi connectivity index (χ4v) is 2.20. The molecule has 0 saturated heterocycles. The van der Waals surface area contributed by atoms with Crippen molar-refractivity contribution in [2.75, 3.05) is 19.6 Å². The number of hydrogen-bond donors (Lipinski definition) is 2. The molecular formula is C15H32N2O2. The first-order valence-electron chi connectivity index (χ1n) is 7.63. The van der Waals surface area contributed by atoms with Crippen LogP contribution < -0.4 is 5.32 Å². The van der Waals surface area contributed by atoms with Gasteiger partial charge in [-0.05, 0) is 46.2 Å². The number of hydrogen-bond acceptors (Lipinski definition) is 3. The predicted molar refractivity (Wildman–Crippen MR) is 80.6 cm³/mol. The van der Waals surface area contributed by atoms with Crippen molar-refractivity contribution in [2.45, 2.75) is 71.9 Å². The summed E-state index contributed by atoms with van der Waals surface area (Å²) in [5.41, 5.74) is -0.813. The Balaban J connectivity index is 4.53. The molecule has 0 fully saturated rings. The second-order valence-corrected chi connectivity index (χ2v) is 5.56. The summed E-state index contributed by atoms with van der Waals surface area (Å²) >= 11 is 0. The van der Waals surface area contributed by atoms with Crippen molar-refractivity contribution in [3.8, 4) is 0 Å². The summed E-state index contributed by atoms with van der Waals surface area (Å²) in [6.07, 6.45) is 4.10. The van der Waals surface area contributed by atoms with E-state index in [1.54, 1.807) is 6.92 Å². The lowest BCUT2D eigenvalue weighted by molar-refractivity contribution is -0.144. The monoisotopic (exact) mass is 272 g/mol. The summed E-state index contributed by atoms with van der Waals surface area (Å²) in [5.74, 6) is -0.756. The summed E-state index contributed by atoms with van der Waals surface area (Å²) in [6.45, 7) is 12.9. The zero-order valence-electron chi connectivity index (χ0n) is 13.3. The molecule has 0 spiro atoms. The van der Waals surface area contributed by atoms with Crippen molar-refractivity contribution in [3.63, 3.8) is 0 Å². The zero-order valence-corrected chi connectivity index (χ0v) is 13.3. The van der Waals surface area contributed by atoms with Gasteiger partial charge in [0.1, 0.15) is 5.54 Å². The van der Waals surface area contributed by atoms with Crippen LogP contribution in [-0.4, -0.2) is 47.2 Å². The van der Waals surface area contributed by atoms with Crippen LogP contribution in [0.2, 0.25) is 0 Å². The maximum Gasteiger partial charge on any atom is 0.323 e. The van der Waals surface area contributed by atoms with Crippen LogP contribution in [0.15, 0.2) is 0 Å². The summed E-state index contributed by atoms with van der Waals surface area (Å²) in [7, 11) is 0. The molecule has 19 heavy (non-hydrogen) atoms. The van der Waals surface area contributed by atoms with Gasteiger partial charge in [-0.15, -0.1) is 0 Å². The van der Waals surface area contributed by atoms with E-state index in [0.29, 0.717) is 19.0 Å². The third-order valence-corrected chi connectivity index (χ3v) is 3.95. The van der Waals surface area contributed by atoms with E-state index in [1.165, 1.54) is 12.8 Å². The first-order chi connectivity index (χ1) is 8.91. The molecule has 114 valence electrons. The van der Waals surface area contributed by atoms with E-state index in [2.05, 4.69) is 31.0 Å². The van der Waals surface area contributed by atoms with E-state index in [4.69, 9.17) is 0 Å². The van der Waals surface area contributed by atoms with E-state index in [9.17, 15) is 9.90 Å². The second-order valence-electron chi connectivity index (χ2n) is 5.56. The Morgan fingerprint density at radius 3 is 2.37 bits per heavy atom. The summed E-state index contributed by atoms with van der Waals surface area (Å²) in [4.78, 5) is 13.8. The molecule has 0 radical (unpaired) electrons. The SMILES string of the molecule is CCCCN(CCC(C)(NCC)C(=O)O)C(C)CC. The van der Waals surface area contributed by atoms with Gasteiger partial charge in [0.05, 0.1) is 0 Å². The summed E-state index contributed by atoms with van der Waals surface area (Å²) in [5, 5.41) is 12.5. The molecular weight excluding hydrogens is 240 g/mol. The van der Waals surface area contributed by atoms with Crippen molar-refractivity contribution in [3.05, 3.63) is 0 Å². The molecule has 4 nitrogen and oxygen atoms in total. The number of nitrogens with one attached hydrogen (secondary N) is 1. The van der Waals surface area contributed by atoms with E-state index in [-0.39, 0.29) is 0 Å². The molecule has 0 amide bonds. The van der Waals surface area contributed by atoms with Crippen LogP contribution in [-0.2, 0) is 4.79 Å². The fraction of sp³-hybridized carbons (Fsp3) is 0.933. The number of carboxylic acid groups (broad SMARTS) is 1. The molecule has 0 aromatic rings. The molecule has 2 unspecified atom stereocenters. The average molecular weight is 272 g/mol. The highest BCUT2D eigenvalue weighted by atomic mass is 16.4. The Kier molecular flexibility index (Phi) is 9.02. The number of carbonyl (C=O) groups is 1. The highest BCUT2D eigenvalue weighted by Crippen LogP contribution is 2.14. The van der Waals surface area contributed by atoms with Crippen LogP contribution in [0.5, 0.6) is 0 Å². The van der Waals surface area contributed by atoms with Gasteiger partial charge in [0, 0.05) is 12.6 Å². The van der Waals surface area contributed by atoms with Gasteiger partial charge in [-0.3, -0.25) is 4.79 Å². The Morgan fingerprint density at radius 1 is 1.32 bits per heavy atom. The smallest absolute Gasteiger partial charge is 0.323 e. The maximum atomic E-state index is 11.4. The van der Waals surface area contributed by atoms with Crippen molar-refractivity contribution in [1.82, 2.24) is 10.2 Å². The lowest BCUT2D eigenvalue weighted by atomic mass is 9.97. The summed E-state index contributed by atoms with van der Waals surface area (Å²) < 4.78 is 0. The highest BCUT2D eigenvalue weighted by Gasteiger charge is 2.32. The number of aliphatic carboxylic acids is 1. The van der Waals surface area contributed by atoms with Gasteiger partial charge < -0.3 is 15.3 Å². The Morgan fingerprint density at radius 2 is 1.95 bits per heavy atom. The standard InChI is InChI=1S/C15H32N2O2/c1-6-9-11-17(13(4)7-2)12-10-15(5,14(18)19)16-8-3/h13,16H,6-12H2,1-5H3,(H,18,19). The molecule has 0 aliphatic rings. The molecule has 0 rings (SSSR count). The molecule has 0 saturated carbocycles. The lowest BCUT2D eigenvalue weighted by Crippen LogP contribution is -2.52. The van der Waals surface area contributed by atoms with Crippen molar-refractivity contribution < 1.29 is 9.90 Å². The Labute approximate surface area is 118 Å². The molecule has 0 heterocycles. The molecule has 0 aliphatic carbocycles. The van der Waals surface area contributed by atoms with Gasteiger partial charge in [0.25, 0.3) is 0 Å². The molecule has 2 atom stereocenters. The summed E-state index contributed by atoms with van der Waals surface area (Å²) in [6, 6.07) is 0.520. The quantitative estimate of drug-likeness (QED) is 0.607. The highest BCUT2D eigenvalue weighted by molar-refractivity contribution is 5.78. The van der Waals surface area contributed by atoms with E-state index < -0.39 is 11.5 Å². The normalized spacial score (nSPS) is 16.3. The van der Waals surface area contributed by atoms with Gasteiger partial charge >= 0.3 is 5.97 Å². The van der Waals surface area contributed by atoms with Gasteiger partial charge in [-0.25, -0.2) is 0 Å². The second kappa shape index (κ2) is 9.32.